The van der Waals surface area contributed by atoms with Crippen LogP contribution in [0.25, 0.3) is 0 Å². The second-order valence-electron chi connectivity index (χ2n) is 4.33. The van der Waals surface area contributed by atoms with Gasteiger partial charge in [-0.2, -0.15) is 5.26 Å². The molecule has 0 saturated heterocycles. The number of nitrogens with one attached hydrogen (secondary N) is 1. The van der Waals surface area contributed by atoms with E-state index < -0.39 is 6.09 Å². The highest BCUT2D eigenvalue weighted by Crippen LogP contribution is 2.32. The number of halogens is 2. The molecule has 0 radical (unpaired) electrons. The third kappa shape index (κ3) is 3.22. The van der Waals surface area contributed by atoms with Crippen molar-refractivity contribution in [3.05, 3.63) is 34.5 Å². The van der Waals surface area contributed by atoms with Crippen molar-refractivity contribution in [2.24, 2.45) is 0 Å². The molecule has 0 atom stereocenters. The fourth-order valence-electron chi connectivity index (χ4n) is 2.17. The number of anilines is 1. The van der Waals surface area contributed by atoms with Crippen molar-refractivity contribution in [1.82, 2.24) is 9.88 Å². The number of hydrogen-bond acceptors (Lipinski definition) is 5. The lowest BCUT2D eigenvalue weighted by Gasteiger charge is -2.29. The Hall–Kier alpha value is -1.53. The van der Waals surface area contributed by atoms with Crippen molar-refractivity contribution >= 4 is 46.4 Å². The van der Waals surface area contributed by atoms with Gasteiger partial charge in [-0.1, -0.05) is 24.3 Å². The molecule has 2 heterocycles. The molecule has 1 aliphatic heterocycles. The van der Waals surface area contributed by atoms with Crippen LogP contribution in [0, 0.1) is 11.3 Å². The number of carbonyl (C=O) groups is 1. The van der Waals surface area contributed by atoms with Gasteiger partial charge < -0.3 is 13.2 Å². The number of nitriles is 1. The molecular weight excluding hydrogens is 407 g/mol. The van der Waals surface area contributed by atoms with Crippen molar-refractivity contribution in [2.45, 2.75) is 13.0 Å². The highest BCUT2D eigenvalue weighted by Gasteiger charge is 2.28. The van der Waals surface area contributed by atoms with Crippen LogP contribution in [-0.2, 0) is 17.7 Å². The Kier molecular flexibility index (Phi) is 5.25. The number of nitrogens with zero attached hydrogens (tertiary/aromatic N) is 3. The second kappa shape index (κ2) is 6.95. The minimum atomic E-state index is -0.429. The summed E-state index contributed by atoms with van der Waals surface area (Å²) in [6.45, 7) is 4.44. The van der Waals surface area contributed by atoms with E-state index in [-0.39, 0.29) is 18.3 Å². The van der Waals surface area contributed by atoms with E-state index in [0.717, 1.165) is 11.1 Å². The normalized spacial score (nSPS) is 13.1. The second-order valence-corrected chi connectivity index (χ2v) is 5.22. The highest BCUT2D eigenvalue weighted by molar-refractivity contribution is 14.1. The number of ether oxygens (including phenoxy) is 1. The summed E-state index contributed by atoms with van der Waals surface area (Å²) in [5.41, 5.74) is 1.94. The number of aromatic nitrogens is 1. The molecule has 1 aliphatic rings. The van der Waals surface area contributed by atoms with E-state index in [1.54, 1.807) is 4.90 Å². The summed E-state index contributed by atoms with van der Waals surface area (Å²) in [4.78, 5) is 17.6. The van der Waals surface area contributed by atoms with Crippen molar-refractivity contribution < 1.29 is 9.53 Å². The van der Waals surface area contributed by atoms with Crippen LogP contribution in [0.2, 0.25) is 5.15 Å². The lowest BCUT2D eigenvalue weighted by Crippen LogP contribution is -2.37. The molecule has 110 valence electrons. The molecule has 2 rings (SSSR count). The van der Waals surface area contributed by atoms with Crippen molar-refractivity contribution in [3.63, 3.8) is 0 Å². The number of fused-ring (bicyclic) bond motifs is 1. The largest absolute Gasteiger partial charge is 0.445 e. The van der Waals surface area contributed by atoms with Crippen LogP contribution in [0.3, 0.4) is 0 Å². The molecule has 1 aromatic heterocycles. The van der Waals surface area contributed by atoms with E-state index >= 15 is 0 Å². The van der Waals surface area contributed by atoms with Gasteiger partial charge in [-0.25, -0.2) is 9.78 Å². The molecule has 0 unspecified atom stereocenters. The summed E-state index contributed by atoms with van der Waals surface area (Å²) in [5.74, 6) is 0.633. The molecule has 1 N–H and O–H groups in total. The fourth-order valence-corrected chi connectivity index (χ4v) is 2.86. The van der Waals surface area contributed by atoms with Gasteiger partial charge in [0.2, 0.25) is 0 Å². The van der Waals surface area contributed by atoms with Gasteiger partial charge in [0.05, 0.1) is 35.0 Å². The molecule has 0 fully saturated rings. The number of carbonyl (C=O) groups excluding carboxylic acids is 1. The first kappa shape index (κ1) is 15.9. The third-order valence-corrected chi connectivity index (χ3v) is 3.92. The molecular formula is C13H12ClIN4O2. The van der Waals surface area contributed by atoms with Gasteiger partial charge in [0, 0.05) is 12.1 Å². The SMILES string of the molecule is C=CCOC(=O)N1CCc2c(NI)nc(Cl)c(C#N)c2C1. The molecule has 0 bridgehead atoms. The predicted molar refractivity (Wildman–Crippen MR) is 87.3 cm³/mol. The van der Waals surface area contributed by atoms with Gasteiger partial charge in [0.15, 0.2) is 0 Å². The van der Waals surface area contributed by atoms with E-state index in [9.17, 15) is 10.1 Å². The Morgan fingerprint density at radius 2 is 2.43 bits per heavy atom. The van der Waals surface area contributed by atoms with Gasteiger partial charge in [-0.05, 0) is 12.0 Å². The smallest absolute Gasteiger partial charge is 0.410 e. The minimum Gasteiger partial charge on any atom is -0.445 e. The maximum Gasteiger partial charge on any atom is 0.410 e. The molecule has 0 aliphatic carbocycles. The average molecular weight is 419 g/mol. The van der Waals surface area contributed by atoms with E-state index in [1.807, 2.05) is 22.9 Å². The number of hydrogen-bond donors (Lipinski definition) is 1. The lowest BCUT2D eigenvalue weighted by molar-refractivity contribution is 0.107. The Balaban J connectivity index is 2.35. The molecule has 1 amide bonds. The van der Waals surface area contributed by atoms with Gasteiger partial charge in [-0.15, -0.1) is 0 Å². The zero-order valence-corrected chi connectivity index (χ0v) is 13.9. The highest BCUT2D eigenvalue weighted by atomic mass is 127. The quantitative estimate of drug-likeness (QED) is 0.353. The molecule has 6 nitrogen and oxygen atoms in total. The fraction of sp³-hybridized carbons (Fsp3) is 0.308. The van der Waals surface area contributed by atoms with Gasteiger partial charge in [-0.3, -0.25) is 0 Å². The predicted octanol–water partition coefficient (Wildman–Crippen LogP) is 3.05. The van der Waals surface area contributed by atoms with Gasteiger partial charge in [0.25, 0.3) is 0 Å². The van der Waals surface area contributed by atoms with Crippen LogP contribution in [0.5, 0.6) is 0 Å². The van der Waals surface area contributed by atoms with E-state index in [2.05, 4.69) is 21.2 Å². The summed E-state index contributed by atoms with van der Waals surface area (Å²) in [7, 11) is 0. The minimum absolute atomic E-state index is 0.136. The molecule has 8 heteroatoms. The number of rotatable bonds is 3. The van der Waals surface area contributed by atoms with Crippen molar-refractivity contribution in [1.29, 1.82) is 5.26 Å². The van der Waals surface area contributed by atoms with Gasteiger partial charge in [0.1, 0.15) is 23.6 Å². The van der Waals surface area contributed by atoms with Crippen LogP contribution in [0.4, 0.5) is 10.6 Å². The molecule has 0 aromatic carbocycles. The Morgan fingerprint density at radius 1 is 1.67 bits per heavy atom. The first-order chi connectivity index (χ1) is 10.1. The molecule has 21 heavy (non-hydrogen) atoms. The van der Waals surface area contributed by atoms with Crippen molar-refractivity contribution in [3.8, 4) is 6.07 Å². The van der Waals surface area contributed by atoms with Crippen LogP contribution < -0.4 is 3.53 Å². The first-order valence-corrected chi connectivity index (χ1v) is 7.58. The zero-order valence-electron chi connectivity index (χ0n) is 11.0. The summed E-state index contributed by atoms with van der Waals surface area (Å²) in [6, 6.07) is 2.06. The van der Waals surface area contributed by atoms with E-state index in [4.69, 9.17) is 16.3 Å². The maximum atomic E-state index is 11.9. The zero-order chi connectivity index (χ0) is 15.4. The molecule has 0 saturated carbocycles. The molecule has 1 aromatic rings. The van der Waals surface area contributed by atoms with E-state index in [0.29, 0.717) is 24.3 Å². The van der Waals surface area contributed by atoms with Crippen LogP contribution >= 0.6 is 34.5 Å². The lowest BCUT2D eigenvalue weighted by atomic mass is 9.97. The summed E-state index contributed by atoms with van der Waals surface area (Å²) >= 11 is 8.00. The summed E-state index contributed by atoms with van der Waals surface area (Å²) in [5, 5.41) is 9.40. The van der Waals surface area contributed by atoms with Crippen LogP contribution in [-0.4, -0.2) is 29.1 Å². The standard InChI is InChI=1S/C13H12ClIN4O2/c1-2-5-21-13(20)19-4-3-8-10(7-19)9(6-16)11(14)17-12(8)18-15/h2H,1,3-5,7H2,(H,17,18). The number of amides is 1. The van der Waals surface area contributed by atoms with Crippen LogP contribution in [0.1, 0.15) is 16.7 Å². The summed E-state index contributed by atoms with van der Waals surface area (Å²) in [6.07, 6.45) is 1.67. The Bertz CT molecular complexity index is 630. The van der Waals surface area contributed by atoms with Crippen molar-refractivity contribution in [2.75, 3.05) is 16.7 Å². The topological polar surface area (TPSA) is 78.2 Å². The van der Waals surface area contributed by atoms with Crippen LogP contribution in [0.15, 0.2) is 12.7 Å². The maximum absolute atomic E-state index is 11.9. The Morgan fingerprint density at radius 3 is 3.05 bits per heavy atom. The van der Waals surface area contributed by atoms with E-state index in [1.165, 1.54) is 6.08 Å². The monoisotopic (exact) mass is 418 g/mol. The summed E-state index contributed by atoms with van der Waals surface area (Å²) < 4.78 is 7.97. The Labute approximate surface area is 141 Å². The number of pyridine rings is 1. The third-order valence-electron chi connectivity index (χ3n) is 3.13. The first-order valence-electron chi connectivity index (χ1n) is 6.13. The molecule has 0 spiro atoms. The average Bonchev–Trinajstić information content (AvgIpc) is 2.51. The van der Waals surface area contributed by atoms with Gasteiger partial charge >= 0.3 is 6.09 Å².